The number of amides is 1. The zero-order valence-corrected chi connectivity index (χ0v) is 19.6. The number of esters is 1. The van der Waals surface area contributed by atoms with Crippen molar-refractivity contribution in [2.24, 2.45) is 0 Å². The third kappa shape index (κ3) is 5.17. The maximum Gasteiger partial charge on any atom is 0.341 e. The summed E-state index contributed by atoms with van der Waals surface area (Å²) in [6.07, 6.45) is 1.60. The van der Waals surface area contributed by atoms with Crippen LogP contribution in [0.5, 0.6) is 5.75 Å². The van der Waals surface area contributed by atoms with E-state index in [1.807, 2.05) is 6.92 Å². The number of nitrogens with one attached hydrogen (secondary N) is 1. The number of Topliss-reactive ketones (excluding diaryl/α,β-unsaturated/α-hetero) is 1. The van der Waals surface area contributed by atoms with Crippen LogP contribution in [0.15, 0.2) is 30.5 Å². The minimum Gasteiger partial charge on any atom is -0.471 e. The Kier molecular flexibility index (Phi) is 7.32. The van der Waals surface area contributed by atoms with Crippen molar-refractivity contribution in [3.8, 4) is 5.75 Å². The van der Waals surface area contributed by atoms with Crippen LogP contribution >= 0.6 is 22.9 Å². The van der Waals surface area contributed by atoms with Gasteiger partial charge in [-0.3, -0.25) is 9.59 Å². The molecule has 2 heterocycles. The molecule has 168 valence electrons. The fraction of sp³-hybridized carbons (Fsp3) is 0.273. The lowest BCUT2D eigenvalue weighted by Gasteiger charge is -2.09. The number of halogens is 1. The van der Waals surface area contributed by atoms with Gasteiger partial charge in [0.25, 0.3) is 5.91 Å². The van der Waals surface area contributed by atoms with Crippen LogP contribution in [0.25, 0.3) is 0 Å². The van der Waals surface area contributed by atoms with E-state index in [1.165, 1.54) is 17.7 Å². The third-order valence-corrected chi connectivity index (χ3v) is 6.08. The predicted octanol–water partition coefficient (Wildman–Crippen LogP) is 4.88. The number of hydrogen-bond donors (Lipinski definition) is 1. The molecule has 0 aliphatic rings. The highest BCUT2D eigenvalue weighted by atomic mass is 35.5. The first kappa shape index (κ1) is 23.5. The molecule has 2 aromatic heterocycles. The number of rotatable bonds is 8. The molecule has 0 saturated carbocycles. The van der Waals surface area contributed by atoms with Gasteiger partial charge in [-0.25, -0.2) is 9.48 Å². The number of carbonyl (C=O) groups is 3. The number of ether oxygens (including phenoxy) is 2. The van der Waals surface area contributed by atoms with Crippen LogP contribution in [-0.4, -0.2) is 34.0 Å². The van der Waals surface area contributed by atoms with Gasteiger partial charge in [0.2, 0.25) is 0 Å². The van der Waals surface area contributed by atoms with Gasteiger partial charge in [0.15, 0.2) is 18.2 Å². The summed E-state index contributed by atoms with van der Waals surface area (Å²) in [5.41, 5.74) is 1.67. The molecule has 1 N–H and O–H groups in total. The number of aryl methyl sites for hydroxylation is 1. The molecule has 0 radical (unpaired) electrons. The fourth-order valence-corrected chi connectivity index (χ4v) is 4.33. The van der Waals surface area contributed by atoms with Crippen molar-refractivity contribution < 1.29 is 23.9 Å². The van der Waals surface area contributed by atoms with Gasteiger partial charge in [-0.2, -0.15) is 5.10 Å². The third-order valence-electron chi connectivity index (χ3n) is 4.54. The van der Waals surface area contributed by atoms with Crippen LogP contribution in [-0.2, 0) is 11.5 Å². The minimum absolute atomic E-state index is 0.0937. The SMILES string of the molecule is CCOC(=O)c1c(NC(=O)c2ccn(COc3ccc(Cl)cc3C)n2)sc(C(C)=O)c1C. The average Bonchev–Trinajstić information content (AvgIpc) is 3.32. The molecule has 0 fully saturated rings. The monoisotopic (exact) mass is 475 g/mol. The first-order valence-corrected chi connectivity index (χ1v) is 11.0. The molecule has 0 bridgehead atoms. The maximum absolute atomic E-state index is 12.7. The highest BCUT2D eigenvalue weighted by Gasteiger charge is 2.26. The summed E-state index contributed by atoms with van der Waals surface area (Å²) in [6, 6.07) is 6.81. The van der Waals surface area contributed by atoms with E-state index >= 15 is 0 Å². The van der Waals surface area contributed by atoms with Crippen LogP contribution in [0.1, 0.15) is 55.5 Å². The topological polar surface area (TPSA) is 99.5 Å². The van der Waals surface area contributed by atoms with Gasteiger partial charge in [-0.05, 0) is 63.1 Å². The van der Waals surface area contributed by atoms with Crippen molar-refractivity contribution in [1.82, 2.24) is 9.78 Å². The molecule has 0 unspecified atom stereocenters. The van der Waals surface area contributed by atoms with Crippen molar-refractivity contribution in [2.45, 2.75) is 34.4 Å². The summed E-state index contributed by atoms with van der Waals surface area (Å²) in [5, 5.41) is 7.77. The summed E-state index contributed by atoms with van der Waals surface area (Å²) >= 11 is 6.99. The molecule has 0 atom stereocenters. The van der Waals surface area contributed by atoms with Crippen LogP contribution in [0, 0.1) is 13.8 Å². The molecule has 8 nitrogen and oxygen atoms in total. The normalized spacial score (nSPS) is 10.7. The van der Waals surface area contributed by atoms with E-state index in [-0.39, 0.29) is 35.4 Å². The van der Waals surface area contributed by atoms with Gasteiger partial charge in [0, 0.05) is 11.2 Å². The summed E-state index contributed by atoms with van der Waals surface area (Å²) in [4.78, 5) is 37.4. The van der Waals surface area contributed by atoms with E-state index in [1.54, 1.807) is 38.2 Å². The Balaban J connectivity index is 1.75. The second-order valence-corrected chi connectivity index (χ2v) is 8.37. The number of hydrogen-bond acceptors (Lipinski definition) is 7. The number of benzene rings is 1. The van der Waals surface area contributed by atoms with Crippen LogP contribution in [0.3, 0.4) is 0 Å². The lowest BCUT2D eigenvalue weighted by molar-refractivity contribution is 0.0527. The quantitative estimate of drug-likeness (QED) is 0.368. The van der Waals surface area contributed by atoms with E-state index in [0.29, 0.717) is 21.2 Å². The summed E-state index contributed by atoms with van der Waals surface area (Å²) in [5.74, 6) is -0.659. The number of nitrogens with zero attached hydrogens (tertiary/aromatic N) is 2. The standard InChI is InChI=1S/C22H22ClN3O5S/c1-5-30-22(29)18-13(3)19(14(4)27)32-21(18)24-20(28)16-8-9-26(25-16)11-31-17-7-6-15(23)10-12(17)2/h6-10H,5,11H2,1-4H3,(H,24,28). The zero-order chi connectivity index (χ0) is 23.4. The fourth-order valence-electron chi connectivity index (χ4n) is 3.02. The molecule has 0 saturated heterocycles. The van der Waals surface area contributed by atoms with Crippen molar-refractivity contribution in [1.29, 1.82) is 0 Å². The Labute approximate surface area is 194 Å². The smallest absolute Gasteiger partial charge is 0.341 e. The van der Waals surface area contributed by atoms with Gasteiger partial charge in [-0.15, -0.1) is 11.3 Å². The summed E-state index contributed by atoms with van der Waals surface area (Å²) in [6.45, 7) is 6.89. The number of ketones is 1. The number of carbonyl (C=O) groups excluding carboxylic acids is 3. The lowest BCUT2D eigenvalue weighted by atomic mass is 10.1. The van der Waals surface area contributed by atoms with Gasteiger partial charge in [0.1, 0.15) is 10.8 Å². The average molecular weight is 476 g/mol. The molecule has 0 aliphatic heterocycles. The second kappa shape index (κ2) is 9.97. The van der Waals surface area contributed by atoms with E-state index in [9.17, 15) is 14.4 Å². The highest BCUT2D eigenvalue weighted by molar-refractivity contribution is 7.18. The van der Waals surface area contributed by atoms with E-state index in [0.717, 1.165) is 16.9 Å². The van der Waals surface area contributed by atoms with Crippen molar-refractivity contribution in [2.75, 3.05) is 11.9 Å². The van der Waals surface area contributed by atoms with Crippen LogP contribution in [0.2, 0.25) is 5.02 Å². The van der Waals surface area contributed by atoms with Crippen molar-refractivity contribution in [3.63, 3.8) is 0 Å². The molecular weight excluding hydrogens is 454 g/mol. The van der Waals surface area contributed by atoms with Crippen LogP contribution < -0.4 is 10.1 Å². The second-order valence-electron chi connectivity index (χ2n) is 6.91. The van der Waals surface area contributed by atoms with E-state index < -0.39 is 11.9 Å². The van der Waals surface area contributed by atoms with Gasteiger partial charge in [0.05, 0.1) is 17.0 Å². The van der Waals surface area contributed by atoms with Gasteiger partial charge in [-0.1, -0.05) is 11.6 Å². The van der Waals surface area contributed by atoms with E-state index in [4.69, 9.17) is 21.1 Å². The molecule has 0 spiro atoms. The Morgan fingerprint density at radius 1 is 1.22 bits per heavy atom. The number of thiophene rings is 1. The Bertz CT molecular complexity index is 1180. The Morgan fingerprint density at radius 2 is 1.97 bits per heavy atom. The van der Waals surface area contributed by atoms with E-state index in [2.05, 4.69) is 10.4 Å². The Morgan fingerprint density at radius 3 is 2.62 bits per heavy atom. The molecule has 0 aliphatic carbocycles. The summed E-state index contributed by atoms with van der Waals surface area (Å²) < 4.78 is 12.3. The minimum atomic E-state index is -0.596. The van der Waals surface area contributed by atoms with Gasteiger partial charge >= 0.3 is 5.97 Å². The first-order valence-electron chi connectivity index (χ1n) is 9.76. The molecule has 10 heteroatoms. The lowest BCUT2D eigenvalue weighted by Crippen LogP contribution is -2.16. The summed E-state index contributed by atoms with van der Waals surface area (Å²) in [7, 11) is 0. The maximum atomic E-state index is 12.7. The van der Waals surface area contributed by atoms with Crippen molar-refractivity contribution >= 4 is 45.6 Å². The van der Waals surface area contributed by atoms with Crippen LogP contribution in [0.4, 0.5) is 5.00 Å². The van der Waals surface area contributed by atoms with Gasteiger partial charge < -0.3 is 14.8 Å². The zero-order valence-electron chi connectivity index (χ0n) is 18.0. The highest BCUT2D eigenvalue weighted by Crippen LogP contribution is 2.34. The molecule has 1 aromatic carbocycles. The molecule has 3 aromatic rings. The Hall–Kier alpha value is -3.17. The molecular formula is C22H22ClN3O5S. The number of anilines is 1. The van der Waals surface area contributed by atoms with Crippen molar-refractivity contribution in [3.05, 3.63) is 62.7 Å². The molecule has 1 amide bonds. The first-order chi connectivity index (χ1) is 15.2. The molecule has 3 rings (SSSR count). The predicted molar refractivity (Wildman–Crippen MR) is 122 cm³/mol. The largest absolute Gasteiger partial charge is 0.471 e. The number of aromatic nitrogens is 2. The molecule has 32 heavy (non-hydrogen) atoms.